The van der Waals surface area contributed by atoms with Crippen LogP contribution in [0.15, 0.2) is 18.2 Å². The molecule has 6 nitrogen and oxygen atoms in total. The molecule has 0 aliphatic carbocycles. The lowest BCUT2D eigenvalue weighted by atomic mass is 10.0. The molecule has 0 saturated heterocycles. The predicted octanol–water partition coefficient (Wildman–Crippen LogP) is 3.16. The Balaban J connectivity index is 2.83. The first kappa shape index (κ1) is 15.2. The molecule has 0 bridgehead atoms. The number of rotatable bonds is 7. The molecule has 7 heteroatoms. The molecule has 0 fully saturated rings. The van der Waals surface area contributed by atoms with Gasteiger partial charge in [0.2, 0.25) is 0 Å². The zero-order chi connectivity index (χ0) is 14.4. The van der Waals surface area contributed by atoms with Gasteiger partial charge in [0.25, 0.3) is 5.69 Å². The fraction of sp³-hybridized carbons (Fsp3) is 0.417. The summed E-state index contributed by atoms with van der Waals surface area (Å²) in [5, 5.41) is 23.0. The third-order valence-electron chi connectivity index (χ3n) is 2.68. The predicted molar refractivity (Wildman–Crippen MR) is 72.6 cm³/mol. The summed E-state index contributed by atoms with van der Waals surface area (Å²) in [5.41, 5.74) is 0.116. The van der Waals surface area contributed by atoms with Gasteiger partial charge in [-0.1, -0.05) is 24.9 Å². The Kier molecular flexibility index (Phi) is 5.57. The fourth-order valence-corrected chi connectivity index (χ4v) is 1.88. The van der Waals surface area contributed by atoms with E-state index in [1.54, 1.807) is 0 Å². The topological polar surface area (TPSA) is 92.5 Å². The van der Waals surface area contributed by atoms with Gasteiger partial charge in [0.05, 0.1) is 10.8 Å². The zero-order valence-corrected chi connectivity index (χ0v) is 11.2. The second kappa shape index (κ2) is 6.94. The highest BCUT2D eigenvalue weighted by Crippen LogP contribution is 2.28. The zero-order valence-electron chi connectivity index (χ0n) is 10.4. The number of nitrogens with zero attached hydrogens (tertiary/aromatic N) is 1. The Morgan fingerprint density at radius 1 is 1.58 bits per heavy atom. The number of carboxylic acid groups (broad SMARTS) is 1. The number of halogens is 1. The number of hydrogen-bond acceptors (Lipinski definition) is 4. The van der Waals surface area contributed by atoms with Gasteiger partial charge in [-0.3, -0.25) is 14.9 Å². The summed E-state index contributed by atoms with van der Waals surface area (Å²) in [6.07, 6.45) is 1.24. The van der Waals surface area contributed by atoms with Gasteiger partial charge in [-0.15, -0.1) is 0 Å². The molecule has 1 rings (SSSR count). The number of carboxylic acids is 1. The van der Waals surface area contributed by atoms with Crippen molar-refractivity contribution in [3.8, 4) is 0 Å². The lowest BCUT2D eigenvalue weighted by Crippen LogP contribution is -2.23. The smallest absolute Gasteiger partial charge is 0.308 e. The highest BCUT2D eigenvalue weighted by atomic mass is 35.5. The average molecular weight is 287 g/mol. The second-order valence-electron chi connectivity index (χ2n) is 4.12. The van der Waals surface area contributed by atoms with Crippen LogP contribution >= 0.6 is 11.6 Å². The molecule has 0 heterocycles. The van der Waals surface area contributed by atoms with Gasteiger partial charge >= 0.3 is 5.97 Å². The van der Waals surface area contributed by atoms with Crippen LogP contribution < -0.4 is 5.32 Å². The molecule has 0 spiro atoms. The highest BCUT2D eigenvalue weighted by Gasteiger charge is 2.19. The van der Waals surface area contributed by atoms with E-state index in [2.05, 4.69) is 5.32 Å². The summed E-state index contributed by atoms with van der Waals surface area (Å²) in [5.74, 6) is -1.50. The van der Waals surface area contributed by atoms with E-state index in [-0.39, 0.29) is 17.9 Å². The van der Waals surface area contributed by atoms with Crippen LogP contribution in [0.4, 0.5) is 11.4 Å². The van der Waals surface area contributed by atoms with Gasteiger partial charge in [0.15, 0.2) is 0 Å². The standard InChI is InChI=1S/C12H15ClN2O4/c1-2-3-8(12(16)17)7-14-10-6-9(13)4-5-11(10)15(18)19/h4-6,8,14H,2-3,7H2,1H3,(H,16,17). The molecule has 1 unspecified atom stereocenters. The Labute approximate surface area is 115 Å². The van der Waals surface area contributed by atoms with Crippen molar-refractivity contribution in [2.75, 3.05) is 11.9 Å². The van der Waals surface area contributed by atoms with Crippen LogP contribution in [-0.4, -0.2) is 22.5 Å². The molecule has 0 amide bonds. The van der Waals surface area contributed by atoms with Gasteiger partial charge in [-0.2, -0.15) is 0 Å². The van der Waals surface area contributed by atoms with E-state index in [9.17, 15) is 14.9 Å². The van der Waals surface area contributed by atoms with Crippen LogP contribution in [0.25, 0.3) is 0 Å². The Bertz CT molecular complexity index is 479. The number of nitrogens with one attached hydrogen (secondary N) is 1. The summed E-state index contributed by atoms with van der Waals surface area (Å²) in [6.45, 7) is 2.02. The number of hydrogen-bond donors (Lipinski definition) is 2. The van der Waals surface area contributed by atoms with Crippen molar-refractivity contribution in [3.05, 3.63) is 33.3 Å². The van der Waals surface area contributed by atoms with Gasteiger partial charge < -0.3 is 10.4 Å². The van der Waals surface area contributed by atoms with Crippen LogP contribution in [0.5, 0.6) is 0 Å². The normalized spacial score (nSPS) is 11.9. The van der Waals surface area contributed by atoms with E-state index in [4.69, 9.17) is 16.7 Å². The molecule has 0 aromatic heterocycles. The Morgan fingerprint density at radius 3 is 2.79 bits per heavy atom. The van der Waals surface area contributed by atoms with E-state index < -0.39 is 16.8 Å². The first-order valence-corrected chi connectivity index (χ1v) is 6.24. The molecule has 1 atom stereocenters. The number of carbonyl (C=O) groups is 1. The maximum absolute atomic E-state index is 11.0. The quantitative estimate of drug-likeness (QED) is 0.593. The van der Waals surface area contributed by atoms with Crippen molar-refractivity contribution in [1.29, 1.82) is 0 Å². The van der Waals surface area contributed by atoms with Gasteiger partial charge in [0.1, 0.15) is 5.69 Å². The number of aliphatic carboxylic acids is 1. The van der Waals surface area contributed by atoms with Crippen molar-refractivity contribution in [1.82, 2.24) is 0 Å². The molecule has 0 aliphatic rings. The molecule has 1 aromatic carbocycles. The molecule has 1 aromatic rings. The molecule has 2 N–H and O–H groups in total. The third kappa shape index (κ3) is 4.40. The molecule has 104 valence electrons. The Hall–Kier alpha value is -1.82. The molecule has 0 aliphatic heterocycles. The summed E-state index contributed by atoms with van der Waals surface area (Å²) >= 11 is 5.78. The van der Waals surface area contributed by atoms with E-state index in [1.165, 1.54) is 18.2 Å². The fourth-order valence-electron chi connectivity index (χ4n) is 1.70. The monoisotopic (exact) mass is 286 g/mol. The summed E-state index contributed by atoms with van der Waals surface area (Å²) in [4.78, 5) is 21.3. The van der Waals surface area contributed by atoms with E-state index >= 15 is 0 Å². The van der Waals surface area contributed by atoms with Crippen molar-refractivity contribution in [3.63, 3.8) is 0 Å². The second-order valence-corrected chi connectivity index (χ2v) is 4.56. The van der Waals surface area contributed by atoms with Crippen molar-refractivity contribution < 1.29 is 14.8 Å². The third-order valence-corrected chi connectivity index (χ3v) is 2.92. The van der Waals surface area contributed by atoms with E-state index in [0.29, 0.717) is 11.4 Å². The van der Waals surface area contributed by atoms with Crippen molar-refractivity contribution in [2.24, 2.45) is 5.92 Å². The van der Waals surface area contributed by atoms with Crippen LogP contribution in [0.3, 0.4) is 0 Å². The highest BCUT2D eigenvalue weighted by molar-refractivity contribution is 6.31. The maximum atomic E-state index is 11.0. The van der Waals surface area contributed by atoms with Gasteiger partial charge in [-0.25, -0.2) is 0 Å². The van der Waals surface area contributed by atoms with E-state index in [1.807, 2.05) is 6.92 Å². The van der Waals surface area contributed by atoms with Crippen LogP contribution in [-0.2, 0) is 4.79 Å². The minimum Gasteiger partial charge on any atom is -0.481 e. The van der Waals surface area contributed by atoms with E-state index in [0.717, 1.165) is 6.42 Å². The average Bonchev–Trinajstić information content (AvgIpc) is 2.33. The molecule has 0 saturated carbocycles. The van der Waals surface area contributed by atoms with Crippen LogP contribution in [0.2, 0.25) is 5.02 Å². The van der Waals surface area contributed by atoms with Gasteiger partial charge in [-0.05, 0) is 18.6 Å². The van der Waals surface area contributed by atoms with Crippen molar-refractivity contribution in [2.45, 2.75) is 19.8 Å². The minimum atomic E-state index is -0.918. The van der Waals surface area contributed by atoms with Crippen LogP contribution in [0.1, 0.15) is 19.8 Å². The minimum absolute atomic E-state index is 0.120. The van der Waals surface area contributed by atoms with Gasteiger partial charge in [0, 0.05) is 17.6 Å². The first-order chi connectivity index (χ1) is 8.95. The molecule has 19 heavy (non-hydrogen) atoms. The first-order valence-electron chi connectivity index (χ1n) is 5.86. The number of benzene rings is 1. The lowest BCUT2D eigenvalue weighted by Gasteiger charge is -2.13. The lowest BCUT2D eigenvalue weighted by molar-refractivity contribution is -0.384. The number of anilines is 1. The summed E-state index contributed by atoms with van der Waals surface area (Å²) in [7, 11) is 0. The maximum Gasteiger partial charge on any atom is 0.308 e. The summed E-state index contributed by atoms with van der Waals surface area (Å²) in [6, 6.07) is 4.14. The SMILES string of the molecule is CCCC(CNc1cc(Cl)ccc1[N+](=O)[O-])C(=O)O. The Morgan fingerprint density at radius 2 is 2.26 bits per heavy atom. The van der Waals surface area contributed by atoms with Crippen LogP contribution in [0, 0.1) is 16.0 Å². The molecular formula is C12H15ClN2O4. The molecule has 0 radical (unpaired) electrons. The van der Waals surface area contributed by atoms with Crippen molar-refractivity contribution >= 4 is 28.9 Å². The largest absolute Gasteiger partial charge is 0.481 e. The number of nitro groups is 1. The number of nitro benzene ring substituents is 1. The summed E-state index contributed by atoms with van der Waals surface area (Å²) < 4.78 is 0. The molecular weight excluding hydrogens is 272 g/mol.